The van der Waals surface area contributed by atoms with Crippen LogP contribution < -0.4 is 17.0 Å². The Morgan fingerprint density at radius 1 is 1.25 bits per heavy atom. The first-order chi connectivity index (χ1) is 7.69. The van der Waals surface area contributed by atoms with E-state index in [9.17, 15) is 4.39 Å². The Bertz CT molecular complexity index is 515. The molecule has 0 radical (unpaired) electrons. The SMILES string of the molecule is NNc1cc(-c2ccnc(N)n2)cc(F)n1. The first kappa shape index (κ1) is 10.2. The molecule has 0 spiro atoms. The Morgan fingerprint density at radius 2 is 2.06 bits per heavy atom. The van der Waals surface area contributed by atoms with Crippen LogP contribution in [0.5, 0.6) is 0 Å². The minimum absolute atomic E-state index is 0.122. The summed E-state index contributed by atoms with van der Waals surface area (Å²) in [5.41, 5.74) is 8.73. The molecule has 16 heavy (non-hydrogen) atoms. The Hall–Kier alpha value is -2.28. The third-order valence-corrected chi connectivity index (χ3v) is 1.91. The van der Waals surface area contributed by atoms with Crippen molar-refractivity contribution in [3.05, 3.63) is 30.3 Å². The molecule has 5 N–H and O–H groups in total. The van der Waals surface area contributed by atoms with Crippen molar-refractivity contribution >= 4 is 11.8 Å². The van der Waals surface area contributed by atoms with Gasteiger partial charge >= 0.3 is 0 Å². The summed E-state index contributed by atoms with van der Waals surface area (Å²) in [5, 5.41) is 0. The molecule has 0 unspecified atom stereocenters. The zero-order chi connectivity index (χ0) is 11.5. The van der Waals surface area contributed by atoms with Gasteiger partial charge in [0.1, 0.15) is 5.82 Å². The first-order valence-corrected chi connectivity index (χ1v) is 4.42. The van der Waals surface area contributed by atoms with E-state index in [1.807, 2.05) is 0 Å². The lowest BCUT2D eigenvalue weighted by molar-refractivity contribution is 0.585. The van der Waals surface area contributed by atoms with Crippen LogP contribution in [0.15, 0.2) is 24.4 Å². The fourth-order valence-corrected chi connectivity index (χ4v) is 1.25. The predicted octanol–water partition coefficient (Wildman–Crippen LogP) is 0.546. The molecule has 0 aliphatic heterocycles. The van der Waals surface area contributed by atoms with Crippen LogP contribution in [0, 0.1) is 5.95 Å². The third kappa shape index (κ3) is 2.04. The van der Waals surface area contributed by atoms with Gasteiger partial charge in [-0.25, -0.2) is 20.8 Å². The van der Waals surface area contributed by atoms with E-state index in [2.05, 4.69) is 20.4 Å². The Labute approximate surface area is 90.5 Å². The van der Waals surface area contributed by atoms with Crippen molar-refractivity contribution in [3.8, 4) is 11.3 Å². The van der Waals surface area contributed by atoms with Gasteiger partial charge in [-0.3, -0.25) is 0 Å². The van der Waals surface area contributed by atoms with Crippen molar-refractivity contribution in [3.63, 3.8) is 0 Å². The molecule has 0 aliphatic carbocycles. The molecular formula is C9H9FN6. The van der Waals surface area contributed by atoms with Crippen molar-refractivity contribution in [2.75, 3.05) is 11.2 Å². The van der Waals surface area contributed by atoms with E-state index in [0.717, 1.165) is 0 Å². The van der Waals surface area contributed by atoms with Crippen LogP contribution in [-0.2, 0) is 0 Å². The van der Waals surface area contributed by atoms with Gasteiger partial charge in [0.2, 0.25) is 11.9 Å². The fourth-order valence-electron chi connectivity index (χ4n) is 1.25. The molecule has 0 bridgehead atoms. The number of rotatable bonds is 2. The second-order valence-corrected chi connectivity index (χ2v) is 3.01. The molecule has 0 fully saturated rings. The van der Waals surface area contributed by atoms with E-state index in [1.165, 1.54) is 12.3 Å². The van der Waals surface area contributed by atoms with Gasteiger partial charge in [0, 0.05) is 17.8 Å². The highest BCUT2D eigenvalue weighted by Crippen LogP contribution is 2.20. The van der Waals surface area contributed by atoms with Crippen molar-refractivity contribution in [2.24, 2.45) is 5.84 Å². The van der Waals surface area contributed by atoms with Crippen LogP contribution in [0.2, 0.25) is 0 Å². The average molecular weight is 220 g/mol. The Morgan fingerprint density at radius 3 is 2.75 bits per heavy atom. The Balaban J connectivity index is 2.51. The molecule has 0 saturated carbocycles. The van der Waals surface area contributed by atoms with E-state index in [1.54, 1.807) is 12.1 Å². The van der Waals surface area contributed by atoms with Gasteiger partial charge in [-0.1, -0.05) is 0 Å². The summed E-state index contributed by atoms with van der Waals surface area (Å²) in [5.74, 6) is 4.85. The van der Waals surface area contributed by atoms with Crippen LogP contribution in [-0.4, -0.2) is 15.0 Å². The van der Waals surface area contributed by atoms with Gasteiger partial charge in [0.05, 0.1) is 5.69 Å². The number of nitrogens with one attached hydrogen (secondary N) is 1. The number of pyridine rings is 1. The molecule has 7 heteroatoms. The van der Waals surface area contributed by atoms with Crippen molar-refractivity contribution in [1.82, 2.24) is 15.0 Å². The topological polar surface area (TPSA) is 103 Å². The highest BCUT2D eigenvalue weighted by molar-refractivity contribution is 5.63. The molecule has 6 nitrogen and oxygen atoms in total. The predicted molar refractivity (Wildman–Crippen MR) is 57.4 cm³/mol. The lowest BCUT2D eigenvalue weighted by atomic mass is 10.2. The molecule has 2 aromatic heterocycles. The molecule has 0 atom stereocenters. The lowest BCUT2D eigenvalue weighted by Gasteiger charge is -2.04. The second kappa shape index (κ2) is 4.07. The van der Waals surface area contributed by atoms with E-state index in [-0.39, 0.29) is 11.8 Å². The lowest BCUT2D eigenvalue weighted by Crippen LogP contribution is -2.09. The highest BCUT2D eigenvalue weighted by atomic mass is 19.1. The molecule has 0 saturated heterocycles. The van der Waals surface area contributed by atoms with Crippen LogP contribution in [0.4, 0.5) is 16.2 Å². The van der Waals surface area contributed by atoms with Gasteiger partial charge in [-0.2, -0.15) is 4.39 Å². The molecule has 2 rings (SSSR count). The molecular weight excluding hydrogens is 211 g/mol. The van der Waals surface area contributed by atoms with Crippen LogP contribution in [0.3, 0.4) is 0 Å². The van der Waals surface area contributed by atoms with Crippen molar-refractivity contribution in [2.45, 2.75) is 0 Å². The maximum atomic E-state index is 13.1. The number of hydrogen-bond acceptors (Lipinski definition) is 6. The summed E-state index contributed by atoms with van der Waals surface area (Å²) in [6.07, 6.45) is 1.49. The number of hydrazine groups is 1. The number of nitrogen functional groups attached to an aromatic ring is 2. The maximum absolute atomic E-state index is 13.1. The number of hydrogen-bond donors (Lipinski definition) is 3. The second-order valence-electron chi connectivity index (χ2n) is 3.01. The molecule has 0 aromatic carbocycles. The molecule has 2 aromatic rings. The summed E-state index contributed by atoms with van der Waals surface area (Å²) in [4.78, 5) is 11.2. The van der Waals surface area contributed by atoms with Gasteiger partial charge in [-0.05, 0) is 12.1 Å². The molecule has 82 valence electrons. The highest BCUT2D eigenvalue weighted by Gasteiger charge is 2.05. The molecule has 0 aliphatic rings. The van der Waals surface area contributed by atoms with Crippen LogP contribution in [0.25, 0.3) is 11.3 Å². The zero-order valence-corrected chi connectivity index (χ0v) is 8.18. The summed E-state index contributed by atoms with van der Waals surface area (Å²) >= 11 is 0. The zero-order valence-electron chi connectivity index (χ0n) is 8.18. The van der Waals surface area contributed by atoms with Crippen LogP contribution >= 0.6 is 0 Å². The van der Waals surface area contributed by atoms with Gasteiger partial charge in [0.25, 0.3) is 0 Å². The smallest absolute Gasteiger partial charge is 0.220 e. The van der Waals surface area contributed by atoms with E-state index in [4.69, 9.17) is 11.6 Å². The van der Waals surface area contributed by atoms with E-state index < -0.39 is 5.95 Å². The molecule has 0 amide bonds. The third-order valence-electron chi connectivity index (χ3n) is 1.91. The van der Waals surface area contributed by atoms with E-state index >= 15 is 0 Å². The van der Waals surface area contributed by atoms with Crippen LogP contribution in [0.1, 0.15) is 0 Å². The summed E-state index contributed by atoms with van der Waals surface area (Å²) < 4.78 is 13.1. The quantitative estimate of drug-likeness (QED) is 0.388. The largest absolute Gasteiger partial charge is 0.368 e. The number of nitrogens with two attached hydrogens (primary N) is 2. The first-order valence-electron chi connectivity index (χ1n) is 4.42. The van der Waals surface area contributed by atoms with Crippen molar-refractivity contribution in [1.29, 1.82) is 0 Å². The summed E-state index contributed by atoms with van der Waals surface area (Å²) in [6.45, 7) is 0. The summed E-state index contributed by atoms with van der Waals surface area (Å²) in [6, 6.07) is 4.42. The number of aromatic nitrogens is 3. The number of halogens is 1. The Kier molecular flexibility index (Phi) is 2.61. The minimum atomic E-state index is -0.650. The van der Waals surface area contributed by atoms with Crippen molar-refractivity contribution < 1.29 is 4.39 Å². The standard InChI is InChI=1S/C9H9FN6/c10-7-3-5(4-8(15-7)16-12)6-1-2-13-9(11)14-6/h1-4H,12H2,(H,15,16)(H2,11,13,14). The maximum Gasteiger partial charge on any atom is 0.220 e. The fraction of sp³-hybridized carbons (Fsp3) is 0. The normalized spacial score (nSPS) is 10.1. The number of anilines is 2. The number of nitrogens with zero attached hydrogens (tertiary/aromatic N) is 3. The van der Waals surface area contributed by atoms with Gasteiger partial charge in [-0.15, -0.1) is 0 Å². The summed E-state index contributed by atoms with van der Waals surface area (Å²) in [7, 11) is 0. The van der Waals surface area contributed by atoms with Gasteiger partial charge in [0.15, 0.2) is 0 Å². The van der Waals surface area contributed by atoms with Gasteiger partial charge < -0.3 is 11.2 Å². The minimum Gasteiger partial charge on any atom is -0.368 e. The monoisotopic (exact) mass is 220 g/mol. The van der Waals surface area contributed by atoms with E-state index in [0.29, 0.717) is 11.3 Å². The molecule has 2 heterocycles. The average Bonchev–Trinajstić information content (AvgIpc) is 2.28.